The Balaban J connectivity index is 1.77. The van der Waals surface area contributed by atoms with Crippen molar-refractivity contribution < 1.29 is 0 Å². The quantitative estimate of drug-likeness (QED) is 0.815. The summed E-state index contributed by atoms with van der Waals surface area (Å²) in [5.74, 6) is 0.863. The van der Waals surface area contributed by atoms with Gasteiger partial charge in [-0.3, -0.25) is 4.68 Å². The molecule has 0 saturated heterocycles. The largest absolute Gasteiger partial charge is 0.308 e. The summed E-state index contributed by atoms with van der Waals surface area (Å²) in [6.07, 6.45) is 7.54. The van der Waals surface area contributed by atoms with E-state index < -0.39 is 0 Å². The number of nitrogens with one attached hydrogen (secondary N) is 1. The van der Waals surface area contributed by atoms with E-state index in [1.165, 1.54) is 25.7 Å². The highest BCUT2D eigenvalue weighted by Crippen LogP contribution is 2.27. The molecule has 15 heavy (non-hydrogen) atoms. The van der Waals surface area contributed by atoms with E-state index >= 15 is 0 Å². The monoisotopic (exact) mass is 208 g/mol. The Kier molecular flexibility index (Phi) is 3.36. The van der Waals surface area contributed by atoms with Crippen molar-refractivity contribution in [3.63, 3.8) is 0 Å². The zero-order chi connectivity index (χ0) is 10.7. The molecule has 0 bridgehead atoms. The fraction of sp³-hybridized carbons (Fsp3) is 0.818. The molecule has 4 nitrogen and oxygen atoms in total. The summed E-state index contributed by atoms with van der Waals surface area (Å²) in [6, 6.07) is 0.606. The van der Waals surface area contributed by atoms with Gasteiger partial charge in [-0.1, -0.05) is 18.1 Å². The third-order valence-corrected chi connectivity index (χ3v) is 3.36. The van der Waals surface area contributed by atoms with E-state index in [9.17, 15) is 0 Å². The summed E-state index contributed by atoms with van der Waals surface area (Å²) in [5.41, 5.74) is 1.03. The van der Waals surface area contributed by atoms with E-state index in [0.717, 1.165) is 18.2 Å². The third-order valence-electron chi connectivity index (χ3n) is 3.36. The Bertz CT molecular complexity index is 301. The van der Waals surface area contributed by atoms with E-state index in [1.54, 1.807) is 4.68 Å². The lowest BCUT2D eigenvalue weighted by Gasteiger charge is -2.19. The zero-order valence-corrected chi connectivity index (χ0v) is 9.61. The average molecular weight is 208 g/mol. The Morgan fingerprint density at radius 2 is 2.27 bits per heavy atom. The molecule has 0 aromatic carbocycles. The van der Waals surface area contributed by atoms with Gasteiger partial charge in [0, 0.05) is 25.8 Å². The second-order valence-corrected chi connectivity index (χ2v) is 4.60. The minimum absolute atomic E-state index is 0.606. The highest BCUT2D eigenvalue weighted by atomic mass is 15.4. The van der Waals surface area contributed by atoms with Crippen molar-refractivity contribution in [3.05, 3.63) is 11.9 Å². The van der Waals surface area contributed by atoms with Gasteiger partial charge in [-0.05, 0) is 25.7 Å². The van der Waals surface area contributed by atoms with Crippen molar-refractivity contribution in [3.8, 4) is 0 Å². The van der Waals surface area contributed by atoms with Gasteiger partial charge in [0.15, 0.2) is 0 Å². The average Bonchev–Trinajstić information content (AvgIpc) is 2.84. The second-order valence-electron chi connectivity index (χ2n) is 4.60. The molecule has 1 atom stereocenters. The third kappa shape index (κ3) is 2.78. The second kappa shape index (κ2) is 4.75. The predicted molar refractivity (Wildman–Crippen MR) is 59.3 cm³/mol. The van der Waals surface area contributed by atoms with Gasteiger partial charge < -0.3 is 5.32 Å². The van der Waals surface area contributed by atoms with E-state index in [1.807, 2.05) is 13.2 Å². The molecule has 1 aromatic rings. The summed E-state index contributed by atoms with van der Waals surface area (Å²) < 4.78 is 1.75. The van der Waals surface area contributed by atoms with Gasteiger partial charge >= 0.3 is 0 Å². The normalized spacial score (nSPS) is 19.6. The van der Waals surface area contributed by atoms with Crippen molar-refractivity contribution in [2.75, 3.05) is 0 Å². The van der Waals surface area contributed by atoms with Crippen LogP contribution in [0.15, 0.2) is 6.20 Å². The van der Waals surface area contributed by atoms with E-state index in [0.29, 0.717) is 6.04 Å². The topological polar surface area (TPSA) is 42.7 Å². The van der Waals surface area contributed by atoms with Crippen LogP contribution in [0.5, 0.6) is 0 Å². The Morgan fingerprint density at radius 1 is 1.53 bits per heavy atom. The number of nitrogens with zero attached hydrogens (tertiary/aromatic N) is 3. The molecule has 1 fully saturated rings. The molecular formula is C11H20N4. The lowest BCUT2D eigenvalue weighted by atomic mass is 10.00. The maximum Gasteiger partial charge on any atom is 0.0964 e. The van der Waals surface area contributed by atoms with Crippen LogP contribution in [-0.2, 0) is 13.6 Å². The lowest BCUT2D eigenvalue weighted by molar-refractivity contribution is 0.379. The Hall–Kier alpha value is -0.900. The smallest absolute Gasteiger partial charge is 0.0964 e. The van der Waals surface area contributed by atoms with Crippen molar-refractivity contribution >= 4 is 0 Å². The van der Waals surface area contributed by atoms with Crippen LogP contribution >= 0.6 is 0 Å². The van der Waals surface area contributed by atoms with Gasteiger partial charge in [0.05, 0.1) is 5.69 Å². The summed E-state index contributed by atoms with van der Waals surface area (Å²) in [4.78, 5) is 0. The predicted octanol–water partition coefficient (Wildman–Crippen LogP) is 1.48. The highest BCUT2D eigenvalue weighted by molar-refractivity contribution is 4.92. The number of rotatable bonds is 4. The van der Waals surface area contributed by atoms with Gasteiger partial charge in [0.25, 0.3) is 0 Å². The first-order chi connectivity index (χ1) is 7.25. The lowest BCUT2D eigenvalue weighted by Crippen LogP contribution is -2.31. The summed E-state index contributed by atoms with van der Waals surface area (Å²) in [5, 5.41) is 11.5. The molecule has 1 unspecified atom stereocenters. The standard InChI is InChI=1S/C11H20N4/c1-9(10-5-3-4-6-10)12-7-11-8-15(2)14-13-11/h8-10,12H,3-7H2,1-2H3. The number of hydrogen-bond donors (Lipinski definition) is 1. The van der Waals surface area contributed by atoms with Crippen LogP contribution in [0.4, 0.5) is 0 Å². The molecule has 1 aliphatic carbocycles. The molecule has 1 heterocycles. The van der Waals surface area contributed by atoms with Crippen LogP contribution in [0, 0.1) is 5.92 Å². The molecule has 1 aromatic heterocycles. The summed E-state index contributed by atoms with van der Waals surface area (Å²) >= 11 is 0. The SMILES string of the molecule is CC(NCc1cn(C)nn1)C1CCCC1. The van der Waals surface area contributed by atoms with Crippen LogP contribution in [0.1, 0.15) is 38.3 Å². The molecule has 0 radical (unpaired) electrons. The van der Waals surface area contributed by atoms with Crippen LogP contribution in [0.25, 0.3) is 0 Å². The van der Waals surface area contributed by atoms with Crippen molar-refractivity contribution in [1.82, 2.24) is 20.3 Å². The van der Waals surface area contributed by atoms with Crippen LogP contribution < -0.4 is 5.32 Å². The minimum atomic E-state index is 0.606. The Morgan fingerprint density at radius 3 is 2.87 bits per heavy atom. The summed E-state index contributed by atoms with van der Waals surface area (Å²) in [7, 11) is 1.90. The molecular weight excluding hydrogens is 188 g/mol. The highest BCUT2D eigenvalue weighted by Gasteiger charge is 2.20. The Labute approximate surface area is 91.1 Å². The fourth-order valence-corrected chi connectivity index (χ4v) is 2.37. The van der Waals surface area contributed by atoms with Crippen molar-refractivity contribution in [2.24, 2.45) is 13.0 Å². The fourth-order valence-electron chi connectivity index (χ4n) is 2.37. The summed E-state index contributed by atoms with van der Waals surface area (Å²) in [6.45, 7) is 3.12. The van der Waals surface area contributed by atoms with E-state index in [2.05, 4.69) is 22.6 Å². The van der Waals surface area contributed by atoms with Gasteiger partial charge in [-0.2, -0.15) is 0 Å². The first-order valence-corrected chi connectivity index (χ1v) is 5.84. The van der Waals surface area contributed by atoms with Gasteiger partial charge in [-0.15, -0.1) is 5.10 Å². The van der Waals surface area contributed by atoms with Gasteiger partial charge in [0.1, 0.15) is 0 Å². The molecule has 0 spiro atoms. The maximum atomic E-state index is 4.06. The van der Waals surface area contributed by atoms with Crippen LogP contribution in [-0.4, -0.2) is 21.0 Å². The van der Waals surface area contributed by atoms with Gasteiger partial charge in [0.2, 0.25) is 0 Å². The van der Waals surface area contributed by atoms with Crippen molar-refractivity contribution in [1.29, 1.82) is 0 Å². The molecule has 1 saturated carbocycles. The van der Waals surface area contributed by atoms with E-state index in [4.69, 9.17) is 0 Å². The number of hydrogen-bond acceptors (Lipinski definition) is 3. The van der Waals surface area contributed by atoms with Crippen LogP contribution in [0.3, 0.4) is 0 Å². The zero-order valence-electron chi connectivity index (χ0n) is 9.61. The molecule has 4 heteroatoms. The molecule has 2 rings (SSSR count). The maximum absolute atomic E-state index is 4.06. The number of aryl methyl sites for hydroxylation is 1. The number of aromatic nitrogens is 3. The molecule has 1 aliphatic rings. The van der Waals surface area contributed by atoms with Gasteiger partial charge in [-0.25, -0.2) is 0 Å². The van der Waals surface area contributed by atoms with Crippen molar-refractivity contribution in [2.45, 2.75) is 45.2 Å². The first-order valence-electron chi connectivity index (χ1n) is 5.84. The van der Waals surface area contributed by atoms with E-state index in [-0.39, 0.29) is 0 Å². The molecule has 0 amide bonds. The molecule has 1 N–H and O–H groups in total. The minimum Gasteiger partial charge on any atom is -0.308 e. The molecule has 0 aliphatic heterocycles. The van der Waals surface area contributed by atoms with Crippen LogP contribution in [0.2, 0.25) is 0 Å². The first kappa shape index (κ1) is 10.6. The molecule has 84 valence electrons.